The van der Waals surface area contributed by atoms with Gasteiger partial charge in [0.1, 0.15) is 0 Å². The van der Waals surface area contributed by atoms with Gasteiger partial charge in [-0.15, -0.1) is 0 Å². The minimum Gasteiger partial charge on any atom is -0.480 e. The van der Waals surface area contributed by atoms with E-state index in [2.05, 4.69) is 4.72 Å². The molecular formula is C12H17NO4S. The van der Waals surface area contributed by atoms with Crippen molar-refractivity contribution in [2.45, 2.75) is 25.8 Å². The quantitative estimate of drug-likeness (QED) is 0.775. The summed E-state index contributed by atoms with van der Waals surface area (Å²) in [5.41, 5.74) is 1.13. The lowest BCUT2D eigenvalue weighted by Gasteiger charge is -2.13. The minimum atomic E-state index is -3.73. The molecule has 0 radical (unpaired) electrons. The smallest absolute Gasteiger partial charge is 0.320 e. The van der Waals surface area contributed by atoms with Crippen LogP contribution in [0.25, 0.3) is 0 Å². The Morgan fingerprint density at radius 1 is 1.33 bits per heavy atom. The Morgan fingerprint density at radius 3 is 2.50 bits per heavy atom. The third-order valence-electron chi connectivity index (χ3n) is 2.40. The first-order chi connectivity index (χ1) is 8.39. The molecule has 1 rings (SSSR count). The molecular weight excluding hydrogens is 254 g/mol. The van der Waals surface area contributed by atoms with Crippen molar-refractivity contribution in [3.05, 3.63) is 35.9 Å². The topological polar surface area (TPSA) is 83.5 Å². The molecule has 1 aromatic carbocycles. The molecule has 0 spiro atoms. The molecule has 0 fully saturated rings. The number of carboxylic acid groups (broad SMARTS) is 1. The summed E-state index contributed by atoms with van der Waals surface area (Å²) in [6, 6.07) is 9.43. The Bertz CT molecular complexity index is 484. The van der Waals surface area contributed by atoms with Crippen molar-refractivity contribution < 1.29 is 18.3 Å². The summed E-state index contributed by atoms with van der Waals surface area (Å²) in [6.45, 7) is 1.72. The zero-order chi connectivity index (χ0) is 13.6. The van der Waals surface area contributed by atoms with Crippen LogP contribution in [-0.2, 0) is 21.2 Å². The average Bonchev–Trinajstić information content (AvgIpc) is 2.25. The summed E-state index contributed by atoms with van der Waals surface area (Å²) in [6.07, 6.45) is 1.38. The van der Waals surface area contributed by atoms with Crippen molar-refractivity contribution in [1.29, 1.82) is 0 Å². The van der Waals surface area contributed by atoms with Gasteiger partial charge in [0, 0.05) is 6.04 Å². The van der Waals surface area contributed by atoms with Gasteiger partial charge in [0.25, 0.3) is 0 Å². The van der Waals surface area contributed by atoms with E-state index in [9.17, 15) is 13.2 Å². The first-order valence-electron chi connectivity index (χ1n) is 5.65. The predicted molar refractivity (Wildman–Crippen MR) is 68.8 cm³/mol. The maximum atomic E-state index is 11.4. The monoisotopic (exact) mass is 271 g/mol. The van der Waals surface area contributed by atoms with Crippen molar-refractivity contribution in [3.63, 3.8) is 0 Å². The molecule has 0 aromatic heterocycles. The van der Waals surface area contributed by atoms with Crippen molar-refractivity contribution in [1.82, 2.24) is 4.72 Å². The lowest BCUT2D eigenvalue weighted by Crippen LogP contribution is -2.36. The number of carbonyl (C=O) groups is 1. The molecule has 1 atom stereocenters. The van der Waals surface area contributed by atoms with Crippen LogP contribution in [0.5, 0.6) is 0 Å². The van der Waals surface area contributed by atoms with Crippen molar-refractivity contribution in [2.24, 2.45) is 0 Å². The fourth-order valence-electron chi connectivity index (χ4n) is 1.60. The van der Waals surface area contributed by atoms with Gasteiger partial charge in [0.2, 0.25) is 10.0 Å². The number of carboxylic acids is 1. The molecule has 1 unspecified atom stereocenters. The minimum absolute atomic E-state index is 0.283. The van der Waals surface area contributed by atoms with Crippen molar-refractivity contribution >= 4 is 16.0 Å². The van der Waals surface area contributed by atoms with E-state index in [0.717, 1.165) is 12.0 Å². The van der Waals surface area contributed by atoms with Gasteiger partial charge in [0.05, 0.1) is 0 Å². The standard InChI is InChI=1S/C12H17NO4S/c1-10(13-18(16,17)9-12(14)15)7-8-11-5-3-2-4-6-11/h2-6,10,13H,7-9H2,1H3,(H,14,15). The van der Waals surface area contributed by atoms with Crippen molar-refractivity contribution in [3.8, 4) is 0 Å². The number of nitrogens with one attached hydrogen (secondary N) is 1. The van der Waals surface area contributed by atoms with Gasteiger partial charge in [-0.25, -0.2) is 13.1 Å². The third-order valence-corrected chi connectivity index (χ3v) is 3.79. The number of aryl methyl sites for hydroxylation is 1. The molecule has 0 aliphatic heterocycles. The van der Waals surface area contributed by atoms with Gasteiger partial charge in [0.15, 0.2) is 5.75 Å². The second-order valence-corrected chi connectivity index (χ2v) is 5.95. The SMILES string of the molecule is CC(CCc1ccccc1)NS(=O)(=O)CC(=O)O. The first kappa shape index (κ1) is 14.7. The maximum absolute atomic E-state index is 11.4. The van der Waals surface area contributed by atoms with Gasteiger partial charge >= 0.3 is 5.97 Å². The lowest BCUT2D eigenvalue weighted by molar-refractivity contribution is -0.134. The van der Waals surface area contributed by atoms with Crippen LogP contribution in [0.2, 0.25) is 0 Å². The Labute approximate surface area is 107 Å². The van der Waals surface area contributed by atoms with Crippen LogP contribution in [0.3, 0.4) is 0 Å². The summed E-state index contributed by atoms with van der Waals surface area (Å²) in [5, 5.41) is 8.45. The van der Waals surface area contributed by atoms with E-state index < -0.39 is 21.7 Å². The maximum Gasteiger partial charge on any atom is 0.320 e. The van der Waals surface area contributed by atoms with E-state index in [4.69, 9.17) is 5.11 Å². The van der Waals surface area contributed by atoms with Gasteiger partial charge in [-0.2, -0.15) is 0 Å². The molecule has 0 amide bonds. The summed E-state index contributed by atoms with van der Waals surface area (Å²) < 4.78 is 25.1. The van der Waals surface area contributed by atoms with Gasteiger partial charge in [-0.1, -0.05) is 30.3 Å². The molecule has 0 saturated heterocycles. The van der Waals surface area contributed by atoms with Crippen LogP contribution < -0.4 is 4.72 Å². The van der Waals surface area contributed by atoms with E-state index in [0.29, 0.717) is 6.42 Å². The summed E-state index contributed by atoms with van der Waals surface area (Å²) >= 11 is 0. The molecule has 18 heavy (non-hydrogen) atoms. The van der Waals surface area contributed by atoms with Gasteiger partial charge < -0.3 is 5.11 Å². The second kappa shape index (κ2) is 6.51. The second-order valence-electron chi connectivity index (χ2n) is 4.20. The third kappa shape index (κ3) is 5.79. The van der Waals surface area contributed by atoms with Crippen molar-refractivity contribution in [2.75, 3.05) is 5.75 Å². The number of hydrogen-bond donors (Lipinski definition) is 2. The molecule has 0 aliphatic carbocycles. The number of benzene rings is 1. The molecule has 100 valence electrons. The van der Waals surface area contributed by atoms with Crippen LogP contribution in [0.4, 0.5) is 0 Å². The van der Waals surface area contributed by atoms with Crippen LogP contribution in [0.1, 0.15) is 18.9 Å². The van der Waals surface area contributed by atoms with Crippen LogP contribution in [0.15, 0.2) is 30.3 Å². The zero-order valence-electron chi connectivity index (χ0n) is 10.2. The van der Waals surface area contributed by atoms with Crippen LogP contribution in [-0.4, -0.2) is 31.3 Å². The highest BCUT2D eigenvalue weighted by molar-refractivity contribution is 7.90. The van der Waals surface area contributed by atoms with E-state index in [-0.39, 0.29) is 6.04 Å². The first-order valence-corrected chi connectivity index (χ1v) is 7.30. The zero-order valence-corrected chi connectivity index (χ0v) is 11.0. The Kier molecular flexibility index (Phi) is 5.30. The number of hydrogen-bond acceptors (Lipinski definition) is 3. The van der Waals surface area contributed by atoms with E-state index in [1.54, 1.807) is 6.92 Å². The average molecular weight is 271 g/mol. The summed E-state index contributed by atoms with van der Waals surface area (Å²) in [5.74, 6) is -2.24. The summed E-state index contributed by atoms with van der Waals surface area (Å²) in [7, 11) is -3.73. The van der Waals surface area contributed by atoms with E-state index >= 15 is 0 Å². The van der Waals surface area contributed by atoms with Crippen LogP contribution in [0, 0.1) is 0 Å². The molecule has 6 heteroatoms. The molecule has 0 heterocycles. The Hall–Kier alpha value is -1.40. The largest absolute Gasteiger partial charge is 0.480 e. The van der Waals surface area contributed by atoms with Gasteiger partial charge in [-0.05, 0) is 25.3 Å². The molecule has 2 N–H and O–H groups in total. The highest BCUT2D eigenvalue weighted by Gasteiger charge is 2.18. The molecule has 5 nitrogen and oxygen atoms in total. The molecule has 0 aliphatic rings. The van der Waals surface area contributed by atoms with E-state index in [1.807, 2.05) is 30.3 Å². The van der Waals surface area contributed by atoms with Gasteiger partial charge in [-0.3, -0.25) is 4.79 Å². The normalized spacial score (nSPS) is 13.2. The number of rotatable bonds is 7. The van der Waals surface area contributed by atoms with Crippen LogP contribution >= 0.6 is 0 Å². The highest BCUT2D eigenvalue weighted by atomic mass is 32.2. The molecule has 1 aromatic rings. The predicted octanol–water partition coefficient (Wildman–Crippen LogP) is 1.01. The summed E-state index contributed by atoms with van der Waals surface area (Å²) in [4.78, 5) is 10.4. The number of aliphatic carboxylic acids is 1. The Balaban J connectivity index is 2.42. The molecule has 0 bridgehead atoms. The lowest BCUT2D eigenvalue weighted by atomic mass is 10.1. The fourth-order valence-corrected chi connectivity index (χ4v) is 2.74. The fraction of sp³-hybridized carbons (Fsp3) is 0.417. The Morgan fingerprint density at radius 2 is 1.94 bits per heavy atom. The van der Waals surface area contributed by atoms with E-state index in [1.165, 1.54) is 0 Å². The molecule has 0 saturated carbocycles. The highest BCUT2D eigenvalue weighted by Crippen LogP contribution is 2.05. The number of sulfonamides is 1.